The predicted molar refractivity (Wildman–Crippen MR) is 104 cm³/mol. The first-order valence-corrected chi connectivity index (χ1v) is 9.11. The lowest BCUT2D eigenvalue weighted by atomic mass is 9.78. The van der Waals surface area contributed by atoms with Gasteiger partial charge in [-0.2, -0.15) is 9.65 Å². The number of carboxylic acids is 1. The molecule has 28 heavy (non-hydrogen) atoms. The third-order valence-corrected chi connectivity index (χ3v) is 5.78. The summed E-state index contributed by atoms with van der Waals surface area (Å²) >= 11 is 5.38. The predicted octanol–water partition coefficient (Wildman–Crippen LogP) is 5.86. The van der Waals surface area contributed by atoms with Crippen molar-refractivity contribution >= 4 is 17.6 Å². The Labute approximate surface area is 167 Å². The van der Waals surface area contributed by atoms with E-state index in [9.17, 15) is 19.6 Å². The number of ether oxygens (including phenoxy) is 1. The molecule has 0 aromatic heterocycles. The van der Waals surface area contributed by atoms with E-state index in [1.165, 1.54) is 0 Å². The number of nitrogens with zero attached hydrogens (tertiary/aromatic N) is 1. The van der Waals surface area contributed by atoms with E-state index in [1.807, 2.05) is 18.2 Å². The molecule has 2 aromatic rings. The van der Waals surface area contributed by atoms with Crippen LogP contribution in [0.5, 0.6) is 11.5 Å². The number of hydrogen-bond donors (Lipinski definition) is 1. The second kappa shape index (κ2) is 7.29. The number of benzene rings is 2. The highest BCUT2D eigenvalue weighted by atomic mass is 35.5. The topological polar surface area (TPSA) is 70.3 Å². The van der Waals surface area contributed by atoms with Gasteiger partial charge in [-0.3, -0.25) is 4.79 Å². The summed E-state index contributed by atoms with van der Waals surface area (Å²) in [5, 5.41) is 18.9. The zero-order valence-corrected chi connectivity index (χ0v) is 16.2. The lowest BCUT2D eigenvalue weighted by Crippen LogP contribution is -2.28. The minimum Gasteiger partial charge on any atom is -0.481 e. The summed E-state index contributed by atoms with van der Waals surface area (Å²) in [6.07, 6.45) is 1.09. The minimum absolute atomic E-state index is 0.485. The van der Waals surface area contributed by atoms with Gasteiger partial charge in [0.05, 0.1) is 12.0 Å². The average Bonchev–Trinajstić information content (AvgIpc) is 3.12. The van der Waals surface area contributed by atoms with Gasteiger partial charge in [-0.25, -0.2) is 0 Å². The van der Waals surface area contributed by atoms with Gasteiger partial charge in [0.15, 0.2) is 5.29 Å². The summed E-state index contributed by atoms with van der Waals surface area (Å²) in [7, 11) is 0. The molecule has 3 atom stereocenters. The van der Waals surface area contributed by atoms with Gasteiger partial charge in [0.2, 0.25) is 0 Å². The van der Waals surface area contributed by atoms with Gasteiger partial charge in [-0.15, -0.1) is 0 Å². The lowest BCUT2D eigenvalue weighted by Gasteiger charge is -2.22. The standard InChI is InChI=1S/C22H19ClFNO3/c1-21(2)18(12-19(23)24)22(21,20(26)27)17(13-25)14-7-6-10-16(11-14)28-15-8-4-3-5-9-15/h3-12,17-18H,1-2H3,(H,26,27)/b19-12-/t17-,18-,22+/m0/s1. The molecule has 1 aliphatic rings. The van der Waals surface area contributed by atoms with Crippen LogP contribution in [0.1, 0.15) is 25.3 Å². The highest BCUT2D eigenvalue weighted by Gasteiger charge is 2.78. The van der Waals surface area contributed by atoms with Crippen LogP contribution in [0.15, 0.2) is 66.0 Å². The molecule has 1 aliphatic carbocycles. The summed E-state index contributed by atoms with van der Waals surface area (Å²) in [6.45, 7) is 3.41. The van der Waals surface area contributed by atoms with Crippen molar-refractivity contribution < 1.29 is 19.0 Å². The van der Waals surface area contributed by atoms with Crippen LogP contribution < -0.4 is 4.74 Å². The zero-order valence-electron chi connectivity index (χ0n) is 15.4. The molecular weight excluding hydrogens is 381 g/mol. The quantitative estimate of drug-likeness (QED) is 0.660. The van der Waals surface area contributed by atoms with Gasteiger partial charge < -0.3 is 9.84 Å². The first-order valence-electron chi connectivity index (χ1n) is 8.73. The van der Waals surface area contributed by atoms with E-state index in [0.717, 1.165) is 6.08 Å². The molecule has 144 valence electrons. The number of aliphatic carboxylic acids is 1. The van der Waals surface area contributed by atoms with Crippen LogP contribution in [0.2, 0.25) is 0 Å². The lowest BCUT2D eigenvalue weighted by molar-refractivity contribution is -0.145. The van der Waals surface area contributed by atoms with E-state index in [-0.39, 0.29) is 0 Å². The van der Waals surface area contributed by atoms with Gasteiger partial charge in [0.1, 0.15) is 16.9 Å². The van der Waals surface area contributed by atoms with Crippen LogP contribution >= 0.6 is 11.6 Å². The molecule has 0 aliphatic heterocycles. The van der Waals surface area contributed by atoms with Crippen molar-refractivity contribution in [2.45, 2.75) is 19.8 Å². The van der Waals surface area contributed by atoms with E-state index in [2.05, 4.69) is 6.07 Å². The Morgan fingerprint density at radius 3 is 2.46 bits per heavy atom. The highest BCUT2D eigenvalue weighted by molar-refractivity contribution is 6.28. The van der Waals surface area contributed by atoms with E-state index in [4.69, 9.17) is 16.3 Å². The maximum Gasteiger partial charge on any atom is 0.312 e. The maximum atomic E-state index is 13.3. The Kier molecular flexibility index (Phi) is 5.18. The fourth-order valence-electron chi connectivity index (χ4n) is 4.21. The fraction of sp³-hybridized carbons (Fsp3) is 0.273. The molecular formula is C22H19ClFNO3. The molecule has 1 saturated carbocycles. The van der Waals surface area contributed by atoms with Crippen LogP contribution in [-0.4, -0.2) is 11.1 Å². The van der Waals surface area contributed by atoms with Gasteiger partial charge >= 0.3 is 5.97 Å². The molecule has 0 saturated heterocycles. The Bertz CT molecular complexity index is 963. The van der Waals surface area contributed by atoms with Crippen molar-refractivity contribution in [1.82, 2.24) is 0 Å². The van der Waals surface area contributed by atoms with Gasteiger partial charge in [-0.05, 0) is 41.3 Å². The van der Waals surface area contributed by atoms with Gasteiger partial charge in [0.25, 0.3) is 0 Å². The molecule has 0 heterocycles. The summed E-state index contributed by atoms with van der Waals surface area (Å²) in [4.78, 5) is 12.3. The molecule has 0 spiro atoms. The molecule has 0 radical (unpaired) electrons. The molecule has 0 amide bonds. The normalized spacial score (nSPS) is 24.1. The molecule has 1 fully saturated rings. The second-order valence-corrected chi connectivity index (χ2v) is 7.74. The Hall–Kier alpha value is -2.84. The van der Waals surface area contributed by atoms with E-state index < -0.39 is 33.9 Å². The number of nitriles is 1. The summed E-state index contributed by atoms with van der Waals surface area (Å²) < 4.78 is 19.1. The number of para-hydroxylation sites is 1. The third kappa shape index (κ3) is 3.14. The van der Waals surface area contributed by atoms with Crippen LogP contribution in [0, 0.1) is 28.1 Å². The van der Waals surface area contributed by atoms with Crippen molar-refractivity contribution in [3.8, 4) is 17.6 Å². The number of hydrogen-bond acceptors (Lipinski definition) is 3. The van der Waals surface area contributed by atoms with Crippen molar-refractivity contribution in [2.75, 3.05) is 0 Å². The SMILES string of the molecule is CC1(C)[C@H](/C=C(\F)Cl)[C@@]1(C(=O)O)[C@@H](C#N)c1cccc(Oc2ccccc2)c1. The van der Waals surface area contributed by atoms with Crippen LogP contribution in [0.4, 0.5) is 4.39 Å². The van der Waals surface area contributed by atoms with Gasteiger partial charge in [-0.1, -0.05) is 55.8 Å². The van der Waals surface area contributed by atoms with Crippen molar-refractivity contribution in [3.05, 3.63) is 71.5 Å². The van der Waals surface area contributed by atoms with E-state index in [1.54, 1.807) is 50.2 Å². The Morgan fingerprint density at radius 2 is 1.89 bits per heavy atom. The first kappa shape index (κ1) is 19.9. The fourth-order valence-corrected chi connectivity index (χ4v) is 4.33. The number of carboxylic acid groups (broad SMARTS) is 1. The molecule has 6 heteroatoms. The average molecular weight is 400 g/mol. The molecule has 2 aromatic carbocycles. The molecule has 0 unspecified atom stereocenters. The molecule has 0 bridgehead atoms. The van der Waals surface area contributed by atoms with E-state index in [0.29, 0.717) is 17.1 Å². The molecule has 3 rings (SSSR count). The Balaban J connectivity index is 2.01. The highest BCUT2D eigenvalue weighted by Crippen LogP contribution is 2.75. The third-order valence-electron chi connectivity index (χ3n) is 5.65. The summed E-state index contributed by atoms with van der Waals surface area (Å²) in [5.74, 6) is -1.76. The van der Waals surface area contributed by atoms with Crippen molar-refractivity contribution in [1.29, 1.82) is 5.26 Å². The first-order chi connectivity index (χ1) is 13.2. The largest absolute Gasteiger partial charge is 0.481 e. The smallest absolute Gasteiger partial charge is 0.312 e. The minimum atomic E-state index is -1.49. The van der Waals surface area contributed by atoms with Crippen LogP contribution in [0.25, 0.3) is 0 Å². The summed E-state index contributed by atoms with van der Waals surface area (Å²) in [5.41, 5.74) is -1.83. The van der Waals surface area contributed by atoms with Crippen molar-refractivity contribution in [3.63, 3.8) is 0 Å². The second-order valence-electron chi connectivity index (χ2n) is 7.38. The van der Waals surface area contributed by atoms with Crippen LogP contribution in [0.3, 0.4) is 0 Å². The van der Waals surface area contributed by atoms with Gasteiger partial charge in [0, 0.05) is 5.92 Å². The zero-order chi connectivity index (χ0) is 20.5. The van der Waals surface area contributed by atoms with Crippen molar-refractivity contribution in [2.24, 2.45) is 16.7 Å². The van der Waals surface area contributed by atoms with E-state index >= 15 is 0 Å². The van der Waals surface area contributed by atoms with Crippen LogP contribution in [-0.2, 0) is 4.79 Å². The molecule has 1 N–H and O–H groups in total. The number of rotatable bonds is 6. The maximum absolute atomic E-state index is 13.3. The summed E-state index contributed by atoms with van der Waals surface area (Å²) in [6, 6.07) is 18.0. The number of allylic oxidation sites excluding steroid dienone is 1. The number of carbonyl (C=O) groups is 1. The number of halogens is 2. The molecule has 4 nitrogen and oxygen atoms in total. The Morgan fingerprint density at radius 1 is 1.25 bits per heavy atom. The monoisotopic (exact) mass is 399 g/mol.